The monoisotopic (exact) mass is 284 g/mol. The summed E-state index contributed by atoms with van der Waals surface area (Å²) >= 11 is 0. The van der Waals surface area contributed by atoms with Gasteiger partial charge in [-0.1, -0.05) is 6.42 Å². The van der Waals surface area contributed by atoms with Gasteiger partial charge in [0, 0.05) is 30.6 Å². The highest BCUT2D eigenvalue weighted by Gasteiger charge is 2.26. The van der Waals surface area contributed by atoms with E-state index in [2.05, 4.69) is 9.97 Å². The van der Waals surface area contributed by atoms with E-state index in [1.165, 1.54) is 6.07 Å². The molecule has 6 heteroatoms. The van der Waals surface area contributed by atoms with Crippen LogP contribution in [-0.2, 0) is 11.3 Å². The lowest BCUT2D eigenvalue weighted by Gasteiger charge is -2.15. The van der Waals surface area contributed by atoms with Gasteiger partial charge in [0.15, 0.2) is 0 Å². The largest absolute Gasteiger partial charge is 0.369 e. The Morgan fingerprint density at radius 2 is 2.05 bits per heavy atom. The van der Waals surface area contributed by atoms with Crippen LogP contribution in [0.15, 0.2) is 35.4 Å². The van der Waals surface area contributed by atoms with E-state index < -0.39 is 11.8 Å². The smallest absolute Gasteiger partial charge is 0.254 e. The molecule has 0 fully saturated rings. The number of aromatic nitrogens is 3. The maximum absolute atomic E-state index is 12.3. The molecule has 0 saturated heterocycles. The Balaban J connectivity index is 2.18. The van der Waals surface area contributed by atoms with E-state index in [1.54, 1.807) is 29.1 Å². The first kappa shape index (κ1) is 13.5. The van der Waals surface area contributed by atoms with Gasteiger partial charge in [-0.15, -0.1) is 0 Å². The van der Waals surface area contributed by atoms with Gasteiger partial charge >= 0.3 is 0 Å². The topological polar surface area (TPSA) is 90.9 Å². The number of rotatable bonds is 2. The predicted octanol–water partition coefficient (Wildman–Crippen LogP) is 1.06. The van der Waals surface area contributed by atoms with E-state index in [1.807, 2.05) is 0 Å². The second kappa shape index (κ2) is 5.47. The van der Waals surface area contributed by atoms with Gasteiger partial charge in [-0.05, 0) is 25.0 Å². The van der Waals surface area contributed by atoms with Crippen molar-refractivity contribution in [2.24, 2.45) is 5.73 Å². The highest BCUT2D eigenvalue weighted by atomic mass is 16.1. The van der Waals surface area contributed by atoms with Crippen LogP contribution in [0.25, 0.3) is 11.3 Å². The highest BCUT2D eigenvalue weighted by Crippen LogP contribution is 2.25. The Morgan fingerprint density at radius 3 is 2.76 bits per heavy atom. The average Bonchev–Trinajstić information content (AvgIpc) is 2.71. The molecular weight excluding hydrogens is 268 g/mol. The third-order valence-electron chi connectivity index (χ3n) is 3.79. The van der Waals surface area contributed by atoms with Crippen LogP contribution >= 0.6 is 0 Å². The number of amides is 1. The number of carbonyl (C=O) groups is 1. The zero-order chi connectivity index (χ0) is 14.8. The van der Waals surface area contributed by atoms with Crippen molar-refractivity contribution in [1.29, 1.82) is 0 Å². The summed E-state index contributed by atoms with van der Waals surface area (Å²) < 4.78 is 1.58. The summed E-state index contributed by atoms with van der Waals surface area (Å²) in [5.74, 6) is -0.439. The van der Waals surface area contributed by atoms with Crippen molar-refractivity contribution in [2.75, 3.05) is 0 Å². The van der Waals surface area contributed by atoms with Crippen molar-refractivity contribution < 1.29 is 4.79 Å². The third-order valence-corrected chi connectivity index (χ3v) is 3.79. The van der Waals surface area contributed by atoms with E-state index in [4.69, 9.17) is 5.73 Å². The molecule has 3 rings (SSSR count). The van der Waals surface area contributed by atoms with Gasteiger partial charge in [-0.2, -0.15) is 0 Å². The predicted molar refractivity (Wildman–Crippen MR) is 77.5 cm³/mol. The molecule has 1 unspecified atom stereocenters. The normalized spacial score (nSPS) is 17.8. The van der Waals surface area contributed by atoms with Crippen molar-refractivity contribution >= 4 is 5.91 Å². The van der Waals surface area contributed by atoms with Gasteiger partial charge in [0.1, 0.15) is 5.82 Å². The summed E-state index contributed by atoms with van der Waals surface area (Å²) in [4.78, 5) is 32.5. The Labute approximate surface area is 121 Å². The lowest BCUT2D eigenvalue weighted by molar-refractivity contribution is -0.119. The number of pyridine rings is 1. The molecule has 108 valence electrons. The van der Waals surface area contributed by atoms with Gasteiger partial charge in [0.05, 0.1) is 11.6 Å². The third kappa shape index (κ3) is 2.56. The second-order valence-electron chi connectivity index (χ2n) is 5.18. The van der Waals surface area contributed by atoms with Gasteiger partial charge in [-0.25, -0.2) is 4.98 Å². The number of nitrogens with zero attached hydrogens (tertiary/aromatic N) is 3. The van der Waals surface area contributed by atoms with Crippen LogP contribution in [0.1, 0.15) is 31.0 Å². The van der Waals surface area contributed by atoms with Crippen LogP contribution in [0.3, 0.4) is 0 Å². The zero-order valence-electron chi connectivity index (χ0n) is 11.5. The molecule has 21 heavy (non-hydrogen) atoms. The highest BCUT2D eigenvalue weighted by molar-refractivity contribution is 5.81. The molecule has 0 aliphatic carbocycles. The molecule has 6 nitrogen and oxygen atoms in total. The first-order valence-corrected chi connectivity index (χ1v) is 6.98. The summed E-state index contributed by atoms with van der Waals surface area (Å²) in [6.07, 6.45) is 5.65. The van der Waals surface area contributed by atoms with E-state index >= 15 is 0 Å². The SMILES string of the molecule is NC(=O)C1CCCCn2c1nc(-c1ccncc1)cc2=O. The Bertz CT molecular complexity index is 724. The fraction of sp³-hybridized carbons (Fsp3) is 0.333. The van der Waals surface area contributed by atoms with Crippen LogP contribution in [0.4, 0.5) is 0 Å². The maximum atomic E-state index is 12.3. The zero-order valence-corrected chi connectivity index (χ0v) is 11.5. The standard InChI is InChI=1S/C15H16N4O2/c16-14(21)11-3-1-2-8-19-13(20)9-12(18-15(11)19)10-4-6-17-7-5-10/h4-7,9,11H,1-3,8H2,(H2,16,21). The fourth-order valence-electron chi connectivity index (χ4n) is 2.70. The molecule has 0 saturated carbocycles. The Kier molecular flexibility index (Phi) is 3.51. The van der Waals surface area contributed by atoms with Crippen molar-refractivity contribution in [3.63, 3.8) is 0 Å². The summed E-state index contributed by atoms with van der Waals surface area (Å²) in [5, 5.41) is 0. The van der Waals surface area contributed by atoms with Crippen molar-refractivity contribution in [3.05, 3.63) is 46.8 Å². The number of carbonyl (C=O) groups excluding carboxylic acids is 1. The van der Waals surface area contributed by atoms with E-state index in [0.29, 0.717) is 24.5 Å². The van der Waals surface area contributed by atoms with E-state index in [-0.39, 0.29) is 5.56 Å². The van der Waals surface area contributed by atoms with Crippen LogP contribution in [-0.4, -0.2) is 20.4 Å². The van der Waals surface area contributed by atoms with Crippen molar-refractivity contribution in [1.82, 2.24) is 14.5 Å². The molecule has 1 aliphatic rings. The fourth-order valence-corrected chi connectivity index (χ4v) is 2.70. The molecule has 3 heterocycles. The Hall–Kier alpha value is -2.50. The molecule has 0 bridgehead atoms. The number of hydrogen-bond donors (Lipinski definition) is 1. The lowest BCUT2D eigenvalue weighted by atomic mass is 10.0. The van der Waals surface area contributed by atoms with E-state index in [0.717, 1.165) is 18.4 Å². The summed E-state index contributed by atoms with van der Waals surface area (Å²) in [6, 6.07) is 5.08. The number of hydrogen-bond acceptors (Lipinski definition) is 4. The Morgan fingerprint density at radius 1 is 1.29 bits per heavy atom. The summed E-state index contributed by atoms with van der Waals surface area (Å²) in [7, 11) is 0. The average molecular weight is 284 g/mol. The van der Waals surface area contributed by atoms with Crippen LogP contribution in [0, 0.1) is 0 Å². The van der Waals surface area contributed by atoms with Gasteiger partial charge in [0.25, 0.3) is 5.56 Å². The summed E-state index contributed by atoms with van der Waals surface area (Å²) in [6.45, 7) is 0.585. The minimum absolute atomic E-state index is 0.139. The maximum Gasteiger partial charge on any atom is 0.254 e. The van der Waals surface area contributed by atoms with Gasteiger partial charge in [0.2, 0.25) is 5.91 Å². The molecule has 0 radical (unpaired) electrons. The number of nitrogens with two attached hydrogens (primary N) is 1. The molecule has 2 N–H and O–H groups in total. The number of fused-ring (bicyclic) bond motifs is 1. The molecule has 1 atom stereocenters. The first-order valence-electron chi connectivity index (χ1n) is 6.98. The minimum atomic E-state index is -0.498. The molecule has 2 aromatic heterocycles. The molecule has 2 aromatic rings. The molecule has 1 amide bonds. The minimum Gasteiger partial charge on any atom is -0.369 e. The molecular formula is C15H16N4O2. The first-order chi connectivity index (χ1) is 10.2. The summed E-state index contributed by atoms with van der Waals surface area (Å²) in [5.41, 5.74) is 6.71. The molecule has 0 aromatic carbocycles. The van der Waals surface area contributed by atoms with E-state index in [9.17, 15) is 9.59 Å². The lowest BCUT2D eigenvalue weighted by Crippen LogP contribution is -2.30. The molecule has 0 spiro atoms. The van der Waals surface area contributed by atoms with Gasteiger partial charge in [-0.3, -0.25) is 19.1 Å². The van der Waals surface area contributed by atoms with Crippen LogP contribution in [0.2, 0.25) is 0 Å². The van der Waals surface area contributed by atoms with Gasteiger partial charge < -0.3 is 5.73 Å². The quantitative estimate of drug-likeness (QED) is 0.892. The van der Waals surface area contributed by atoms with Crippen LogP contribution < -0.4 is 11.3 Å². The van der Waals surface area contributed by atoms with Crippen molar-refractivity contribution in [2.45, 2.75) is 31.7 Å². The van der Waals surface area contributed by atoms with Crippen molar-refractivity contribution in [3.8, 4) is 11.3 Å². The number of primary amides is 1. The molecule has 1 aliphatic heterocycles. The van der Waals surface area contributed by atoms with Crippen LogP contribution in [0.5, 0.6) is 0 Å². The second-order valence-corrected chi connectivity index (χ2v) is 5.18.